The molecule has 0 fully saturated rings. The SMILES string of the molecule is CSCC(C)(O)CNc1ncnc(N)c1C. The predicted molar refractivity (Wildman–Crippen MR) is 68.7 cm³/mol. The molecule has 0 radical (unpaired) electrons. The Morgan fingerprint density at radius 3 is 2.88 bits per heavy atom. The molecule has 0 spiro atoms. The lowest BCUT2D eigenvalue weighted by Gasteiger charge is -2.23. The van der Waals surface area contributed by atoms with Gasteiger partial charge in [0.1, 0.15) is 18.0 Å². The van der Waals surface area contributed by atoms with Gasteiger partial charge in [-0.15, -0.1) is 0 Å². The zero-order valence-electron chi connectivity index (χ0n) is 9.82. The molecule has 6 heteroatoms. The molecular formula is C10H18N4OS. The van der Waals surface area contributed by atoms with Crippen molar-refractivity contribution >= 4 is 23.4 Å². The fourth-order valence-corrected chi connectivity index (χ4v) is 2.00. The van der Waals surface area contributed by atoms with Gasteiger partial charge in [-0.05, 0) is 20.1 Å². The van der Waals surface area contributed by atoms with E-state index in [-0.39, 0.29) is 0 Å². The largest absolute Gasteiger partial charge is 0.387 e. The van der Waals surface area contributed by atoms with Crippen LogP contribution in [0.1, 0.15) is 12.5 Å². The third-order valence-electron chi connectivity index (χ3n) is 2.22. The Bertz CT molecular complexity index is 357. The van der Waals surface area contributed by atoms with Crippen molar-refractivity contribution < 1.29 is 5.11 Å². The zero-order valence-corrected chi connectivity index (χ0v) is 10.6. The van der Waals surface area contributed by atoms with Gasteiger partial charge >= 0.3 is 0 Å². The second-order valence-corrected chi connectivity index (χ2v) is 4.88. The number of nitrogen functional groups attached to an aromatic ring is 1. The molecule has 90 valence electrons. The van der Waals surface area contributed by atoms with Crippen molar-refractivity contribution in [2.45, 2.75) is 19.4 Å². The fourth-order valence-electron chi connectivity index (χ4n) is 1.28. The second-order valence-electron chi connectivity index (χ2n) is 4.02. The third kappa shape index (κ3) is 3.53. The Kier molecular flexibility index (Phi) is 4.37. The third-order valence-corrected chi connectivity index (χ3v) is 3.13. The average molecular weight is 242 g/mol. The monoisotopic (exact) mass is 242 g/mol. The van der Waals surface area contributed by atoms with Crippen LogP contribution in [0.25, 0.3) is 0 Å². The van der Waals surface area contributed by atoms with Gasteiger partial charge in [0.25, 0.3) is 0 Å². The Hall–Kier alpha value is -1.01. The van der Waals surface area contributed by atoms with Crippen LogP contribution in [0.4, 0.5) is 11.6 Å². The Morgan fingerprint density at radius 2 is 2.25 bits per heavy atom. The Balaban J connectivity index is 2.64. The van der Waals surface area contributed by atoms with Gasteiger partial charge < -0.3 is 16.2 Å². The number of nitrogens with one attached hydrogen (secondary N) is 1. The summed E-state index contributed by atoms with van der Waals surface area (Å²) in [5.74, 6) is 1.80. The zero-order chi connectivity index (χ0) is 12.2. The van der Waals surface area contributed by atoms with Crippen molar-refractivity contribution in [2.24, 2.45) is 0 Å². The van der Waals surface area contributed by atoms with Crippen molar-refractivity contribution in [1.82, 2.24) is 9.97 Å². The molecule has 0 aromatic carbocycles. The normalized spacial score (nSPS) is 14.5. The maximum atomic E-state index is 9.98. The summed E-state index contributed by atoms with van der Waals surface area (Å²) in [6.07, 6.45) is 3.37. The van der Waals surface area contributed by atoms with E-state index in [1.165, 1.54) is 6.33 Å². The van der Waals surface area contributed by atoms with Crippen molar-refractivity contribution in [2.75, 3.05) is 29.6 Å². The van der Waals surface area contributed by atoms with E-state index in [0.29, 0.717) is 23.9 Å². The van der Waals surface area contributed by atoms with Crippen LogP contribution in [0.3, 0.4) is 0 Å². The summed E-state index contributed by atoms with van der Waals surface area (Å²) in [7, 11) is 0. The van der Waals surface area contributed by atoms with Gasteiger partial charge in [0.15, 0.2) is 0 Å². The lowest BCUT2D eigenvalue weighted by atomic mass is 10.1. The molecule has 1 rings (SSSR count). The summed E-state index contributed by atoms with van der Waals surface area (Å²) < 4.78 is 0. The van der Waals surface area contributed by atoms with Crippen LogP contribution in [0, 0.1) is 6.92 Å². The highest BCUT2D eigenvalue weighted by Crippen LogP contribution is 2.17. The molecule has 0 aliphatic rings. The minimum Gasteiger partial charge on any atom is -0.387 e. The van der Waals surface area contributed by atoms with E-state index in [9.17, 15) is 5.11 Å². The molecule has 0 saturated carbocycles. The number of rotatable bonds is 5. The van der Waals surface area contributed by atoms with Crippen LogP contribution < -0.4 is 11.1 Å². The lowest BCUT2D eigenvalue weighted by molar-refractivity contribution is 0.0996. The Morgan fingerprint density at radius 1 is 1.56 bits per heavy atom. The van der Waals surface area contributed by atoms with Gasteiger partial charge in [0, 0.05) is 17.9 Å². The van der Waals surface area contributed by atoms with E-state index in [1.54, 1.807) is 18.7 Å². The number of thioether (sulfide) groups is 1. The molecule has 4 N–H and O–H groups in total. The van der Waals surface area contributed by atoms with Crippen LogP contribution in [-0.2, 0) is 0 Å². The van der Waals surface area contributed by atoms with Gasteiger partial charge in [-0.1, -0.05) is 0 Å². The maximum Gasteiger partial charge on any atom is 0.134 e. The average Bonchev–Trinajstić information content (AvgIpc) is 2.20. The predicted octanol–water partition coefficient (Wildman–Crippen LogP) is 0.893. The lowest BCUT2D eigenvalue weighted by Crippen LogP contribution is -2.36. The first-order valence-electron chi connectivity index (χ1n) is 4.98. The molecular weight excluding hydrogens is 224 g/mol. The van der Waals surface area contributed by atoms with Gasteiger partial charge in [0.2, 0.25) is 0 Å². The molecule has 1 unspecified atom stereocenters. The summed E-state index contributed by atoms with van der Waals surface area (Å²) in [5, 5.41) is 13.1. The van der Waals surface area contributed by atoms with Crippen LogP contribution in [0.5, 0.6) is 0 Å². The minimum atomic E-state index is -0.758. The number of nitrogens with two attached hydrogens (primary N) is 1. The van der Waals surface area contributed by atoms with E-state index < -0.39 is 5.60 Å². The number of aromatic nitrogens is 2. The molecule has 1 aromatic heterocycles. The summed E-state index contributed by atoms with van der Waals surface area (Å²) in [5.41, 5.74) is 5.71. The Labute approximate surface area is 99.9 Å². The molecule has 0 aliphatic heterocycles. The van der Waals surface area contributed by atoms with Crippen LogP contribution in [-0.4, -0.2) is 39.2 Å². The quantitative estimate of drug-likeness (QED) is 0.711. The smallest absolute Gasteiger partial charge is 0.134 e. The highest BCUT2D eigenvalue weighted by molar-refractivity contribution is 7.98. The minimum absolute atomic E-state index is 0.436. The van der Waals surface area contributed by atoms with Gasteiger partial charge in [-0.25, -0.2) is 9.97 Å². The topological polar surface area (TPSA) is 84.1 Å². The molecule has 1 atom stereocenters. The first kappa shape index (κ1) is 13.1. The number of hydrogen-bond donors (Lipinski definition) is 3. The highest BCUT2D eigenvalue weighted by atomic mass is 32.2. The summed E-state index contributed by atoms with van der Waals surface area (Å²) in [6, 6.07) is 0. The van der Waals surface area contributed by atoms with Crippen LogP contribution in [0.15, 0.2) is 6.33 Å². The van der Waals surface area contributed by atoms with Gasteiger partial charge in [-0.2, -0.15) is 11.8 Å². The summed E-state index contributed by atoms with van der Waals surface area (Å²) in [6.45, 7) is 4.07. The summed E-state index contributed by atoms with van der Waals surface area (Å²) in [4.78, 5) is 7.96. The van der Waals surface area contributed by atoms with Crippen molar-refractivity contribution in [3.05, 3.63) is 11.9 Å². The first-order valence-corrected chi connectivity index (χ1v) is 6.38. The van der Waals surface area contributed by atoms with E-state index >= 15 is 0 Å². The van der Waals surface area contributed by atoms with Crippen molar-refractivity contribution in [3.8, 4) is 0 Å². The van der Waals surface area contributed by atoms with Crippen LogP contribution in [0.2, 0.25) is 0 Å². The van der Waals surface area contributed by atoms with E-state index in [4.69, 9.17) is 5.73 Å². The molecule has 1 heterocycles. The highest BCUT2D eigenvalue weighted by Gasteiger charge is 2.19. The van der Waals surface area contributed by atoms with Crippen molar-refractivity contribution in [1.29, 1.82) is 0 Å². The molecule has 0 bridgehead atoms. The number of aliphatic hydroxyl groups is 1. The molecule has 16 heavy (non-hydrogen) atoms. The molecule has 5 nitrogen and oxygen atoms in total. The van der Waals surface area contributed by atoms with E-state index in [0.717, 1.165) is 5.56 Å². The van der Waals surface area contributed by atoms with E-state index in [1.807, 2.05) is 13.2 Å². The second kappa shape index (κ2) is 5.36. The molecule has 0 amide bonds. The molecule has 0 aliphatic carbocycles. The number of nitrogens with zero attached hydrogens (tertiary/aromatic N) is 2. The summed E-state index contributed by atoms with van der Waals surface area (Å²) >= 11 is 1.60. The fraction of sp³-hybridized carbons (Fsp3) is 0.600. The molecule has 1 aromatic rings. The van der Waals surface area contributed by atoms with E-state index in [2.05, 4.69) is 15.3 Å². The maximum absolute atomic E-state index is 9.98. The number of anilines is 2. The first-order chi connectivity index (χ1) is 7.46. The van der Waals surface area contributed by atoms with Gasteiger partial charge in [-0.3, -0.25) is 0 Å². The molecule has 0 saturated heterocycles. The van der Waals surface area contributed by atoms with Gasteiger partial charge in [0.05, 0.1) is 5.60 Å². The van der Waals surface area contributed by atoms with Crippen LogP contribution >= 0.6 is 11.8 Å². The standard InChI is InChI=1S/C10H18N4OS/c1-7-8(11)13-6-14-9(7)12-4-10(2,15)5-16-3/h6,15H,4-5H2,1-3H3,(H3,11,12,13,14). The van der Waals surface area contributed by atoms with Crippen molar-refractivity contribution in [3.63, 3.8) is 0 Å². The number of hydrogen-bond acceptors (Lipinski definition) is 6.